The number of anilines is 1. The molecule has 0 atom stereocenters. The molecule has 0 aromatic heterocycles. The second-order valence-electron chi connectivity index (χ2n) is 9.27. The number of amides is 1. The van der Waals surface area contributed by atoms with Crippen LogP contribution < -0.4 is 5.32 Å². The second kappa shape index (κ2) is 10.4. The van der Waals surface area contributed by atoms with Crippen molar-refractivity contribution in [2.24, 2.45) is 0 Å². The number of aryl methyl sites for hydroxylation is 2. The normalized spacial score (nSPS) is 12.8. The number of rotatable bonds is 7. The highest BCUT2D eigenvalue weighted by molar-refractivity contribution is 8.17. The van der Waals surface area contributed by atoms with Crippen molar-refractivity contribution in [3.63, 3.8) is 0 Å². The fourth-order valence-corrected chi connectivity index (χ4v) is 7.52. The largest absolute Gasteiger partial charge is 0.326 e. The van der Waals surface area contributed by atoms with Gasteiger partial charge in [-0.1, -0.05) is 66.7 Å². The smallest absolute Gasteiger partial charge is 0.226 e. The molecule has 1 aliphatic carbocycles. The van der Waals surface area contributed by atoms with Crippen LogP contribution in [0.2, 0.25) is 0 Å². The van der Waals surface area contributed by atoms with E-state index in [9.17, 15) is 4.79 Å². The fourth-order valence-electron chi connectivity index (χ4n) is 4.91. The summed E-state index contributed by atoms with van der Waals surface area (Å²) >= 11 is 3.53. The summed E-state index contributed by atoms with van der Waals surface area (Å²) in [5.74, 6) is 0.0551. The Bertz CT molecular complexity index is 1480. The summed E-state index contributed by atoms with van der Waals surface area (Å²) in [6, 6.07) is 36.3. The molecule has 5 aromatic carbocycles. The number of thioether (sulfide) groups is 2. The van der Waals surface area contributed by atoms with Crippen LogP contribution in [0.4, 0.5) is 5.69 Å². The highest BCUT2D eigenvalue weighted by Gasteiger charge is 2.19. The molecule has 0 aliphatic heterocycles. The molecule has 1 aliphatic rings. The molecule has 0 saturated carbocycles. The molecule has 178 valence electrons. The third-order valence-corrected chi connectivity index (χ3v) is 9.20. The number of carbonyl (C=O) groups is 1. The van der Waals surface area contributed by atoms with Crippen LogP contribution in [0.25, 0.3) is 21.5 Å². The van der Waals surface area contributed by atoms with Gasteiger partial charge in [0.05, 0.1) is 4.58 Å². The fraction of sp³-hybridized carbons (Fsp3) is 0.156. The van der Waals surface area contributed by atoms with E-state index in [1.54, 1.807) is 23.5 Å². The van der Waals surface area contributed by atoms with Gasteiger partial charge in [0.2, 0.25) is 5.91 Å². The lowest BCUT2D eigenvalue weighted by Crippen LogP contribution is -2.16. The maximum Gasteiger partial charge on any atom is 0.226 e. The Morgan fingerprint density at radius 3 is 1.89 bits per heavy atom. The highest BCUT2D eigenvalue weighted by Crippen LogP contribution is 2.39. The van der Waals surface area contributed by atoms with Crippen LogP contribution >= 0.6 is 23.5 Å². The summed E-state index contributed by atoms with van der Waals surface area (Å²) in [4.78, 5) is 15.5. The van der Waals surface area contributed by atoms with E-state index in [0.29, 0.717) is 6.42 Å². The summed E-state index contributed by atoms with van der Waals surface area (Å²) in [7, 11) is 0. The molecule has 36 heavy (non-hydrogen) atoms. The van der Waals surface area contributed by atoms with Gasteiger partial charge in [-0.3, -0.25) is 4.79 Å². The van der Waals surface area contributed by atoms with Crippen LogP contribution in [0.3, 0.4) is 0 Å². The number of nitrogens with one attached hydrogen (secondary N) is 1. The average molecular weight is 506 g/mol. The van der Waals surface area contributed by atoms with Crippen molar-refractivity contribution in [2.45, 2.75) is 40.1 Å². The van der Waals surface area contributed by atoms with Crippen molar-refractivity contribution in [3.05, 3.63) is 114 Å². The van der Waals surface area contributed by atoms with Gasteiger partial charge >= 0.3 is 0 Å². The summed E-state index contributed by atoms with van der Waals surface area (Å²) in [6.45, 7) is 0. The first-order chi connectivity index (χ1) is 17.7. The predicted octanol–water partition coefficient (Wildman–Crippen LogP) is 8.72. The van der Waals surface area contributed by atoms with Crippen LogP contribution in [0.5, 0.6) is 0 Å². The molecule has 0 saturated heterocycles. The van der Waals surface area contributed by atoms with Gasteiger partial charge in [0.25, 0.3) is 0 Å². The molecule has 0 bridgehead atoms. The molecule has 0 radical (unpaired) electrons. The maximum absolute atomic E-state index is 13.2. The van der Waals surface area contributed by atoms with Crippen molar-refractivity contribution < 1.29 is 4.79 Å². The Morgan fingerprint density at radius 2 is 1.25 bits per heavy atom. The van der Waals surface area contributed by atoms with Crippen molar-refractivity contribution in [2.75, 3.05) is 5.32 Å². The molecule has 0 unspecified atom stereocenters. The summed E-state index contributed by atoms with van der Waals surface area (Å²) in [5.41, 5.74) is 3.70. The van der Waals surface area contributed by atoms with Gasteiger partial charge in [-0.05, 0) is 88.3 Å². The third-order valence-electron chi connectivity index (χ3n) is 6.71. The average Bonchev–Trinajstić information content (AvgIpc) is 3.36. The topological polar surface area (TPSA) is 29.1 Å². The molecule has 6 rings (SSSR count). The number of hydrogen-bond donors (Lipinski definition) is 1. The molecule has 2 nitrogen and oxygen atoms in total. The van der Waals surface area contributed by atoms with Gasteiger partial charge in [0.1, 0.15) is 0 Å². The Kier molecular flexibility index (Phi) is 6.71. The van der Waals surface area contributed by atoms with Gasteiger partial charge in [-0.2, -0.15) is 0 Å². The van der Waals surface area contributed by atoms with E-state index in [1.165, 1.54) is 48.9 Å². The van der Waals surface area contributed by atoms with Crippen LogP contribution in [-0.4, -0.2) is 10.5 Å². The van der Waals surface area contributed by atoms with Crippen LogP contribution in [0.1, 0.15) is 24.0 Å². The van der Waals surface area contributed by atoms with Crippen LogP contribution in [-0.2, 0) is 17.6 Å². The SMILES string of the molecule is O=C(CC(Sc1ccc2ccccc2c1)Sc1ccc2ccccc2c1)Nc1ccc2c(c1)CCC2. The summed E-state index contributed by atoms with van der Waals surface area (Å²) < 4.78 is 0.0433. The Morgan fingerprint density at radius 1 is 0.667 bits per heavy atom. The van der Waals surface area contributed by atoms with Gasteiger partial charge in [0.15, 0.2) is 0 Å². The number of fused-ring (bicyclic) bond motifs is 3. The Labute approximate surface area is 220 Å². The predicted molar refractivity (Wildman–Crippen MR) is 155 cm³/mol. The first kappa shape index (κ1) is 23.2. The minimum atomic E-state index is 0.0433. The number of carbonyl (C=O) groups excluding carboxylic acids is 1. The first-order valence-electron chi connectivity index (χ1n) is 12.4. The third kappa shape index (κ3) is 5.30. The molecule has 0 fully saturated rings. The zero-order chi connectivity index (χ0) is 24.3. The van der Waals surface area contributed by atoms with E-state index in [-0.39, 0.29) is 10.5 Å². The molecule has 5 aromatic rings. The molecule has 1 N–H and O–H groups in total. The lowest BCUT2D eigenvalue weighted by Gasteiger charge is -2.17. The quantitative estimate of drug-likeness (QED) is 0.177. The zero-order valence-electron chi connectivity index (χ0n) is 19.9. The van der Waals surface area contributed by atoms with Gasteiger partial charge in [-0.15, -0.1) is 23.5 Å². The van der Waals surface area contributed by atoms with Crippen molar-refractivity contribution in [3.8, 4) is 0 Å². The van der Waals surface area contributed by atoms with Crippen molar-refractivity contribution >= 4 is 56.7 Å². The highest BCUT2D eigenvalue weighted by atomic mass is 32.2. The molecule has 4 heteroatoms. The lowest BCUT2D eigenvalue weighted by molar-refractivity contribution is -0.115. The molecule has 0 heterocycles. The summed E-state index contributed by atoms with van der Waals surface area (Å²) in [6.07, 6.45) is 3.89. The molecular formula is C32H27NOS2. The standard InChI is InChI=1S/C32H27NOS2/c34-31(33-28-15-12-24-10-5-11-25(24)18-28)21-32(35-29-16-13-22-6-1-3-8-26(22)19-29)36-30-17-14-23-7-2-4-9-27(23)20-30/h1-4,6-9,12-20,32H,5,10-11,21H2,(H,33,34). The van der Waals surface area contributed by atoms with E-state index in [2.05, 4.69) is 102 Å². The van der Waals surface area contributed by atoms with Crippen molar-refractivity contribution in [1.82, 2.24) is 0 Å². The van der Waals surface area contributed by atoms with Crippen molar-refractivity contribution in [1.29, 1.82) is 0 Å². The first-order valence-corrected chi connectivity index (χ1v) is 14.2. The zero-order valence-corrected chi connectivity index (χ0v) is 21.6. The van der Waals surface area contributed by atoms with Gasteiger partial charge in [0, 0.05) is 21.9 Å². The monoisotopic (exact) mass is 505 g/mol. The lowest BCUT2D eigenvalue weighted by atomic mass is 10.1. The Hall–Kier alpha value is -3.21. The number of benzene rings is 5. The van der Waals surface area contributed by atoms with E-state index < -0.39 is 0 Å². The maximum atomic E-state index is 13.2. The van der Waals surface area contributed by atoms with Crippen LogP contribution in [0.15, 0.2) is 113 Å². The van der Waals surface area contributed by atoms with E-state index in [1.807, 2.05) is 6.07 Å². The molecule has 0 spiro atoms. The molecular weight excluding hydrogens is 478 g/mol. The number of hydrogen-bond acceptors (Lipinski definition) is 3. The van der Waals surface area contributed by atoms with Gasteiger partial charge < -0.3 is 5.32 Å². The van der Waals surface area contributed by atoms with Crippen LogP contribution in [0, 0.1) is 0 Å². The Balaban J connectivity index is 1.23. The van der Waals surface area contributed by atoms with E-state index in [4.69, 9.17) is 0 Å². The second-order valence-corrected chi connectivity index (χ2v) is 12.1. The van der Waals surface area contributed by atoms with E-state index in [0.717, 1.165) is 18.5 Å². The van der Waals surface area contributed by atoms with E-state index >= 15 is 0 Å². The minimum Gasteiger partial charge on any atom is -0.326 e. The van der Waals surface area contributed by atoms with Gasteiger partial charge in [-0.25, -0.2) is 0 Å². The minimum absolute atomic E-state index is 0.0433. The molecule has 1 amide bonds. The summed E-state index contributed by atoms with van der Waals surface area (Å²) in [5, 5.41) is 8.07.